The number of benzene rings is 11. The lowest BCUT2D eigenvalue weighted by molar-refractivity contribution is 0.487. The monoisotopic (exact) mass is 948 g/mol. The van der Waals surface area contributed by atoms with E-state index in [0.29, 0.717) is 0 Å². The minimum absolute atomic E-state index is 0.842. The van der Waals surface area contributed by atoms with Crippen molar-refractivity contribution in [1.29, 1.82) is 0 Å². The number of rotatable bonds is 10. The van der Waals surface area contributed by atoms with Gasteiger partial charge in [0, 0.05) is 50.6 Å². The second kappa shape index (κ2) is 17.5. The molecule has 0 saturated carbocycles. The number of ether oxygens (including phenoxy) is 1. The molecule has 11 aromatic rings. The number of hydrogen-bond donors (Lipinski definition) is 0. The van der Waals surface area contributed by atoms with Crippen molar-refractivity contribution in [3.63, 3.8) is 0 Å². The number of fused-ring (bicyclic) bond motifs is 6. The van der Waals surface area contributed by atoms with E-state index in [0.717, 1.165) is 56.6 Å². The second-order valence-electron chi connectivity index (χ2n) is 21.0. The summed E-state index contributed by atoms with van der Waals surface area (Å²) in [7, 11) is -3.08. The summed E-state index contributed by atoms with van der Waals surface area (Å²) in [5.74, 6) is 1.71. The lowest BCUT2D eigenvalue weighted by Crippen LogP contribution is -2.37. The number of nitrogens with zero attached hydrogens (tertiary/aromatic N) is 2. The van der Waals surface area contributed by atoms with Gasteiger partial charge in [0.25, 0.3) is 0 Å². The zero-order valence-corrected chi connectivity index (χ0v) is 43.2. The quantitative estimate of drug-likeness (QED) is 0.100. The first kappa shape index (κ1) is 44.3. The summed E-state index contributed by atoms with van der Waals surface area (Å²) in [6.07, 6.45) is 0. The average molecular weight is 949 g/mol. The molecule has 12 rings (SSSR count). The number of para-hydroxylation sites is 2. The second-order valence-corrected chi connectivity index (χ2v) is 31.1. The molecule has 1 aliphatic heterocycles. The zero-order valence-electron chi connectivity index (χ0n) is 41.2. The van der Waals surface area contributed by atoms with Crippen LogP contribution in [0.25, 0.3) is 65.7 Å². The highest BCUT2D eigenvalue weighted by Gasteiger charge is 2.28. The van der Waals surface area contributed by atoms with E-state index in [-0.39, 0.29) is 0 Å². The zero-order chi connectivity index (χ0) is 48.4. The maximum Gasteiger partial charge on any atom is 0.137 e. The van der Waals surface area contributed by atoms with E-state index in [4.69, 9.17) is 4.74 Å². The lowest BCUT2D eigenvalue weighted by Gasteiger charge is -2.31. The predicted molar refractivity (Wildman–Crippen MR) is 311 cm³/mol. The Morgan fingerprint density at radius 1 is 0.296 bits per heavy atom. The summed E-state index contributed by atoms with van der Waals surface area (Å²) in [6, 6.07) is 84.9. The van der Waals surface area contributed by atoms with Gasteiger partial charge in [0.1, 0.15) is 11.5 Å². The molecule has 1 aliphatic rings. The molecule has 0 aromatic heterocycles. The fourth-order valence-electron chi connectivity index (χ4n) is 10.7. The van der Waals surface area contributed by atoms with Crippen LogP contribution in [0.2, 0.25) is 39.3 Å². The van der Waals surface area contributed by atoms with Gasteiger partial charge in [-0.05, 0) is 105 Å². The molecule has 0 bridgehead atoms. The molecule has 344 valence electrons. The van der Waals surface area contributed by atoms with Crippen LogP contribution in [-0.2, 0) is 0 Å². The van der Waals surface area contributed by atoms with Gasteiger partial charge in [0.15, 0.2) is 0 Å². The lowest BCUT2D eigenvalue weighted by atomic mass is 9.88. The van der Waals surface area contributed by atoms with Crippen LogP contribution in [0.15, 0.2) is 231 Å². The van der Waals surface area contributed by atoms with Crippen LogP contribution >= 0.6 is 0 Å². The van der Waals surface area contributed by atoms with Crippen LogP contribution in [0, 0.1) is 0 Å². The van der Waals surface area contributed by atoms with Gasteiger partial charge in [-0.2, -0.15) is 0 Å². The standard InChI is InChI=1S/C66H56N2OSi2/c1-70(2,3)50-37-32-47(33-38-50)67(61-29-17-15-24-52(61)45-20-9-7-10-21-45)49-36-41-56-60-43-58-54-26-13-14-27-55(54)63(44-59(58)57-28-19-31-64(66(57)60)69-65(56)42-49)68(48-34-39-51(40-35-48)71(4,5)6)62-30-18-16-25-53(62)46-22-11-8-12-23-46/h7-44H,1-6H3. The Bertz CT molecular complexity index is 3800. The summed E-state index contributed by atoms with van der Waals surface area (Å²) in [5.41, 5.74) is 13.6. The van der Waals surface area contributed by atoms with Crippen molar-refractivity contribution in [3.05, 3.63) is 231 Å². The molecule has 1 heterocycles. The number of anilines is 6. The van der Waals surface area contributed by atoms with E-state index in [2.05, 4.69) is 280 Å². The van der Waals surface area contributed by atoms with Crippen molar-refractivity contribution >= 4 is 93.0 Å². The Balaban J connectivity index is 1.06. The van der Waals surface area contributed by atoms with Gasteiger partial charge in [0.05, 0.1) is 33.2 Å². The minimum atomic E-state index is -1.55. The van der Waals surface area contributed by atoms with E-state index in [1.807, 2.05) is 0 Å². The van der Waals surface area contributed by atoms with Gasteiger partial charge in [0.2, 0.25) is 0 Å². The molecule has 0 N–H and O–H groups in total. The first-order valence-electron chi connectivity index (χ1n) is 24.8. The SMILES string of the molecule is C[Si](C)(C)c1ccc(N(c2ccc3c(c2)Oc2cccc4c2c-3cc2c3ccccc3c(N(c3ccc([Si](C)(C)C)cc3)c3ccccc3-c3ccccc3)cc42)c2ccccc2-c2ccccc2)cc1. The molecule has 0 fully saturated rings. The van der Waals surface area contributed by atoms with E-state index < -0.39 is 16.1 Å². The van der Waals surface area contributed by atoms with Crippen LogP contribution in [0.4, 0.5) is 34.1 Å². The number of hydrogen-bond acceptors (Lipinski definition) is 3. The van der Waals surface area contributed by atoms with Crippen molar-refractivity contribution < 1.29 is 4.74 Å². The van der Waals surface area contributed by atoms with Crippen LogP contribution in [0.5, 0.6) is 11.5 Å². The Labute approximate surface area is 419 Å². The average Bonchev–Trinajstić information content (AvgIpc) is 3.39. The largest absolute Gasteiger partial charge is 0.456 e. The highest BCUT2D eigenvalue weighted by molar-refractivity contribution is 6.89. The molecule has 0 atom stereocenters. The predicted octanol–water partition coefficient (Wildman–Crippen LogP) is 18.3. The van der Waals surface area contributed by atoms with E-state index >= 15 is 0 Å². The normalized spacial score (nSPS) is 12.2. The maximum absolute atomic E-state index is 7.12. The first-order chi connectivity index (χ1) is 34.5. The third kappa shape index (κ3) is 7.92. The van der Waals surface area contributed by atoms with Crippen molar-refractivity contribution in [1.82, 2.24) is 0 Å². The summed E-state index contributed by atoms with van der Waals surface area (Å²) < 4.78 is 7.12. The van der Waals surface area contributed by atoms with Crippen LogP contribution < -0.4 is 24.9 Å². The highest BCUT2D eigenvalue weighted by Crippen LogP contribution is 2.53. The minimum Gasteiger partial charge on any atom is -0.456 e. The van der Waals surface area contributed by atoms with Gasteiger partial charge in [-0.1, -0.05) is 207 Å². The molecule has 0 aliphatic carbocycles. The molecule has 5 heteroatoms. The molecule has 0 saturated heterocycles. The van der Waals surface area contributed by atoms with Crippen molar-refractivity contribution in [3.8, 4) is 44.9 Å². The van der Waals surface area contributed by atoms with E-state index in [1.165, 1.54) is 65.1 Å². The Kier molecular flexibility index (Phi) is 10.9. The fourth-order valence-corrected chi connectivity index (χ4v) is 13.0. The molecular formula is C66H56N2OSi2. The molecule has 11 aromatic carbocycles. The molecule has 0 amide bonds. The fraction of sp³-hybridized carbons (Fsp3) is 0.0909. The van der Waals surface area contributed by atoms with Crippen molar-refractivity contribution in [2.45, 2.75) is 39.3 Å². The van der Waals surface area contributed by atoms with E-state index in [9.17, 15) is 0 Å². The summed E-state index contributed by atoms with van der Waals surface area (Å²) >= 11 is 0. The molecule has 71 heavy (non-hydrogen) atoms. The van der Waals surface area contributed by atoms with E-state index in [1.54, 1.807) is 0 Å². The maximum atomic E-state index is 7.12. The molecule has 0 spiro atoms. The highest BCUT2D eigenvalue weighted by atomic mass is 28.3. The van der Waals surface area contributed by atoms with Crippen LogP contribution in [0.3, 0.4) is 0 Å². The first-order valence-corrected chi connectivity index (χ1v) is 31.8. The van der Waals surface area contributed by atoms with Gasteiger partial charge in [-0.3, -0.25) is 0 Å². The summed E-state index contributed by atoms with van der Waals surface area (Å²) in [5, 5.41) is 9.98. The Morgan fingerprint density at radius 3 is 1.37 bits per heavy atom. The third-order valence-electron chi connectivity index (χ3n) is 14.4. The van der Waals surface area contributed by atoms with Crippen molar-refractivity contribution in [2.75, 3.05) is 9.80 Å². The third-order valence-corrected chi connectivity index (χ3v) is 18.5. The van der Waals surface area contributed by atoms with Crippen LogP contribution in [0.1, 0.15) is 0 Å². The summed E-state index contributed by atoms with van der Waals surface area (Å²) in [4.78, 5) is 4.88. The topological polar surface area (TPSA) is 15.7 Å². The summed E-state index contributed by atoms with van der Waals surface area (Å²) in [6.45, 7) is 14.5. The Hall–Kier alpha value is -7.97. The molecule has 0 unspecified atom stereocenters. The van der Waals surface area contributed by atoms with Gasteiger partial charge < -0.3 is 14.5 Å². The van der Waals surface area contributed by atoms with Crippen LogP contribution in [-0.4, -0.2) is 16.1 Å². The smallest absolute Gasteiger partial charge is 0.137 e. The van der Waals surface area contributed by atoms with Crippen molar-refractivity contribution in [2.24, 2.45) is 0 Å². The van der Waals surface area contributed by atoms with Gasteiger partial charge >= 0.3 is 0 Å². The van der Waals surface area contributed by atoms with Gasteiger partial charge in [-0.15, -0.1) is 0 Å². The Morgan fingerprint density at radius 2 is 0.775 bits per heavy atom. The molecule has 0 radical (unpaired) electrons. The molecular weight excluding hydrogens is 893 g/mol. The molecule has 3 nitrogen and oxygen atoms in total. The van der Waals surface area contributed by atoms with Gasteiger partial charge in [-0.25, -0.2) is 0 Å².